The molecule has 1 aromatic rings. The van der Waals surface area contributed by atoms with E-state index in [1.807, 2.05) is 6.07 Å². The van der Waals surface area contributed by atoms with Gasteiger partial charge in [0.25, 0.3) is 0 Å². The van der Waals surface area contributed by atoms with Crippen LogP contribution in [-0.2, 0) is 0 Å². The van der Waals surface area contributed by atoms with Crippen LogP contribution in [0, 0.1) is 18.3 Å². The van der Waals surface area contributed by atoms with Gasteiger partial charge in [0.1, 0.15) is 5.82 Å². The normalized spacial score (nSPS) is 12.1. The van der Waals surface area contributed by atoms with Crippen molar-refractivity contribution in [3.8, 4) is 12.3 Å². The van der Waals surface area contributed by atoms with Gasteiger partial charge in [0, 0.05) is 0 Å². The van der Waals surface area contributed by atoms with E-state index in [4.69, 9.17) is 12.2 Å². The fraction of sp³-hybridized carbons (Fsp3) is 0.364. The number of nitrogens with zero attached hydrogens (tertiary/aromatic N) is 1. The fourth-order valence-corrected chi connectivity index (χ4v) is 1.05. The third-order valence-corrected chi connectivity index (χ3v) is 1.94. The number of anilines is 2. The van der Waals surface area contributed by atoms with Crippen molar-refractivity contribution in [1.29, 1.82) is 0 Å². The molecular weight excluding hydrogens is 174 g/mol. The van der Waals surface area contributed by atoms with E-state index in [1.54, 1.807) is 12.3 Å². The summed E-state index contributed by atoms with van der Waals surface area (Å²) in [5.41, 5.74) is 6.17. The van der Waals surface area contributed by atoms with Gasteiger partial charge in [0.2, 0.25) is 0 Å². The molecule has 3 heteroatoms. The maximum Gasteiger partial charge on any atom is 0.127 e. The van der Waals surface area contributed by atoms with Crippen LogP contribution < -0.4 is 11.1 Å². The molecule has 14 heavy (non-hydrogen) atoms. The summed E-state index contributed by atoms with van der Waals surface area (Å²) in [5, 5.41) is 3.15. The Balaban J connectivity index is 2.69. The van der Waals surface area contributed by atoms with Crippen LogP contribution in [0.3, 0.4) is 0 Å². The van der Waals surface area contributed by atoms with Gasteiger partial charge in [0.15, 0.2) is 0 Å². The number of pyridine rings is 1. The summed E-state index contributed by atoms with van der Waals surface area (Å²) in [6.07, 6.45) is 6.99. The van der Waals surface area contributed by atoms with Crippen molar-refractivity contribution in [1.82, 2.24) is 4.98 Å². The second-order valence-corrected chi connectivity index (χ2v) is 3.51. The largest absolute Gasteiger partial charge is 0.397 e. The summed E-state index contributed by atoms with van der Waals surface area (Å²) in [6, 6.07) is 3.62. The van der Waals surface area contributed by atoms with Crippen molar-refractivity contribution >= 4 is 11.5 Å². The third-order valence-electron chi connectivity index (χ3n) is 1.94. The molecule has 0 aliphatic carbocycles. The van der Waals surface area contributed by atoms with E-state index in [0.717, 1.165) is 5.82 Å². The summed E-state index contributed by atoms with van der Waals surface area (Å²) < 4.78 is 0. The zero-order chi connectivity index (χ0) is 10.6. The number of nitrogens with two attached hydrogens (primary N) is 1. The second-order valence-electron chi connectivity index (χ2n) is 3.51. The molecule has 0 amide bonds. The Morgan fingerprint density at radius 3 is 2.64 bits per heavy atom. The second kappa shape index (κ2) is 4.52. The van der Waals surface area contributed by atoms with Gasteiger partial charge in [-0.2, -0.15) is 0 Å². The molecule has 1 aromatic heterocycles. The summed E-state index contributed by atoms with van der Waals surface area (Å²) in [6.45, 7) is 4.13. The highest BCUT2D eigenvalue weighted by atomic mass is 15.0. The maximum absolute atomic E-state index is 5.52. The van der Waals surface area contributed by atoms with E-state index in [0.29, 0.717) is 11.6 Å². The Labute approximate surface area is 84.7 Å². The molecule has 0 spiro atoms. The van der Waals surface area contributed by atoms with E-state index >= 15 is 0 Å². The van der Waals surface area contributed by atoms with Gasteiger partial charge < -0.3 is 11.1 Å². The molecule has 3 nitrogen and oxygen atoms in total. The summed E-state index contributed by atoms with van der Waals surface area (Å²) in [4.78, 5) is 4.12. The highest BCUT2D eigenvalue weighted by Gasteiger charge is 2.09. The minimum Gasteiger partial charge on any atom is -0.397 e. The van der Waals surface area contributed by atoms with Crippen molar-refractivity contribution in [2.24, 2.45) is 5.92 Å². The van der Waals surface area contributed by atoms with Crippen LogP contribution in [0.1, 0.15) is 13.8 Å². The van der Waals surface area contributed by atoms with E-state index < -0.39 is 0 Å². The maximum atomic E-state index is 5.52. The summed E-state index contributed by atoms with van der Waals surface area (Å²) in [7, 11) is 0. The lowest BCUT2D eigenvalue weighted by Crippen LogP contribution is -2.23. The highest BCUT2D eigenvalue weighted by Crippen LogP contribution is 2.10. The predicted molar refractivity (Wildman–Crippen MR) is 59.7 cm³/mol. The quantitative estimate of drug-likeness (QED) is 0.712. The topological polar surface area (TPSA) is 50.9 Å². The summed E-state index contributed by atoms with van der Waals surface area (Å²) in [5.74, 6) is 3.82. The van der Waals surface area contributed by atoms with E-state index in [1.165, 1.54) is 0 Å². The molecule has 0 radical (unpaired) electrons. The summed E-state index contributed by atoms with van der Waals surface area (Å²) >= 11 is 0. The van der Waals surface area contributed by atoms with Crippen molar-refractivity contribution in [3.05, 3.63) is 18.3 Å². The van der Waals surface area contributed by atoms with Crippen LogP contribution in [-0.4, -0.2) is 11.0 Å². The van der Waals surface area contributed by atoms with Crippen molar-refractivity contribution < 1.29 is 0 Å². The minimum absolute atomic E-state index is 0.00567. The molecular formula is C11H15N3. The van der Waals surface area contributed by atoms with Crippen molar-refractivity contribution in [2.75, 3.05) is 11.1 Å². The van der Waals surface area contributed by atoms with E-state index in [9.17, 15) is 0 Å². The van der Waals surface area contributed by atoms with Gasteiger partial charge in [-0.3, -0.25) is 0 Å². The first-order valence-electron chi connectivity index (χ1n) is 4.57. The minimum atomic E-state index is 0.00567. The lowest BCUT2D eigenvalue weighted by Gasteiger charge is -2.16. The van der Waals surface area contributed by atoms with Crippen LogP contribution in [0.15, 0.2) is 18.3 Å². The Hall–Kier alpha value is -1.69. The van der Waals surface area contributed by atoms with Gasteiger partial charge in [0.05, 0.1) is 17.9 Å². The molecule has 3 N–H and O–H groups in total. The molecule has 1 heterocycles. The number of nitrogen functional groups attached to an aromatic ring is 1. The molecule has 0 fully saturated rings. The average Bonchev–Trinajstić information content (AvgIpc) is 2.16. The number of terminal acetylenes is 1. The van der Waals surface area contributed by atoms with Crippen LogP contribution in [0.25, 0.3) is 0 Å². The number of aromatic nitrogens is 1. The van der Waals surface area contributed by atoms with Gasteiger partial charge in [-0.15, -0.1) is 6.42 Å². The third kappa shape index (κ3) is 2.67. The Morgan fingerprint density at radius 1 is 1.50 bits per heavy atom. The van der Waals surface area contributed by atoms with Crippen LogP contribution in [0.5, 0.6) is 0 Å². The van der Waals surface area contributed by atoms with Crippen molar-refractivity contribution in [3.63, 3.8) is 0 Å². The zero-order valence-electron chi connectivity index (χ0n) is 8.49. The smallest absolute Gasteiger partial charge is 0.127 e. The lowest BCUT2D eigenvalue weighted by atomic mass is 10.1. The van der Waals surface area contributed by atoms with Crippen molar-refractivity contribution in [2.45, 2.75) is 19.9 Å². The average molecular weight is 189 g/mol. The Bertz CT molecular complexity index is 321. The Kier molecular flexibility index (Phi) is 3.35. The molecule has 1 unspecified atom stereocenters. The standard InChI is InChI=1S/C11H15N3/c1-4-10(8(2)3)14-11-6-5-9(12)7-13-11/h1,5-8,10H,12H2,2-3H3,(H,13,14). The lowest BCUT2D eigenvalue weighted by molar-refractivity contribution is 0.612. The molecule has 0 aromatic carbocycles. The van der Waals surface area contributed by atoms with Crippen LogP contribution in [0.4, 0.5) is 11.5 Å². The number of nitrogens with one attached hydrogen (secondary N) is 1. The van der Waals surface area contributed by atoms with Gasteiger partial charge in [-0.1, -0.05) is 19.8 Å². The first-order chi connectivity index (χ1) is 6.63. The number of rotatable bonds is 3. The van der Waals surface area contributed by atoms with Crippen LogP contribution >= 0.6 is 0 Å². The molecule has 1 rings (SSSR count). The van der Waals surface area contributed by atoms with E-state index in [-0.39, 0.29) is 6.04 Å². The molecule has 0 saturated heterocycles. The Morgan fingerprint density at radius 2 is 2.21 bits per heavy atom. The van der Waals surface area contributed by atoms with Gasteiger partial charge in [-0.05, 0) is 18.1 Å². The molecule has 0 bridgehead atoms. The predicted octanol–water partition coefficient (Wildman–Crippen LogP) is 1.73. The molecule has 1 atom stereocenters. The highest BCUT2D eigenvalue weighted by molar-refractivity contribution is 5.45. The fourth-order valence-electron chi connectivity index (χ4n) is 1.05. The molecule has 0 aliphatic rings. The SMILES string of the molecule is C#CC(Nc1ccc(N)cn1)C(C)C. The van der Waals surface area contributed by atoms with Gasteiger partial charge in [-0.25, -0.2) is 4.98 Å². The molecule has 74 valence electrons. The van der Waals surface area contributed by atoms with E-state index in [2.05, 4.69) is 30.1 Å². The van der Waals surface area contributed by atoms with Gasteiger partial charge >= 0.3 is 0 Å². The first-order valence-corrected chi connectivity index (χ1v) is 4.57. The zero-order valence-corrected chi connectivity index (χ0v) is 8.49. The molecule has 0 aliphatic heterocycles. The van der Waals surface area contributed by atoms with Crippen LogP contribution in [0.2, 0.25) is 0 Å². The number of hydrogen-bond acceptors (Lipinski definition) is 3. The number of hydrogen-bond donors (Lipinski definition) is 2. The first kappa shape index (κ1) is 10.4. The molecule has 0 saturated carbocycles. The monoisotopic (exact) mass is 189 g/mol.